The summed E-state index contributed by atoms with van der Waals surface area (Å²) in [5.41, 5.74) is -1.77. The van der Waals surface area contributed by atoms with Crippen LogP contribution in [0.5, 0.6) is 17.2 Å². The van der Waals surface area contributed by atoms with E-state index in [9.17, 15) is 24.6 Å². The van der Waals surface area contributed by atoms with E-state index in [0.717, 1.165) is 5.57 Å². The largest absolute Gasteiger partial charge is 0.506 e. The number of phenolic OH excluding ortho intramolecular Hbond substituents is 1. The number of allylic oxidation sites excluding steroid dienone is 4. The highest BCUT2D eigenvalue weighted by molar-refractivity contribution is 6.19. The maximum Gasteiger partial charge on any atom is 0.298 e. The molecule has 3 heterocycles. The Labute approximate surface area is 275 Å². The van der Waals surface area contributed by atoms with Gasteiger partial charge in [-0.15, -0.1) is 0 Å². The normalized spacial score (nSPS) is 31.5. The lowest BCUT2D eigenvalue weighted by Gasteiger charge is -2.56. The average Bonchev–Trinajstić information content (AvgIpc) is 3.15. The van der Waals surface area contributed by atoms with E-state index in [1.54, 1.807) is 32.1 Å². The molecular weight excluding hydrogens is 600 g/mol. The molecule has 3 unspecified atom stereocenters. The second-order valence-electron chi connectivity index (χ2n) is 14.7. The molecule has 1 aromatic rings. The Morgan fingerprint density at radius 1 is 1.13 bits per heavy atom. The van der Waals surface area contributed by atoms with Gasteiger partial charge in [-0.3, -0.25) is 14.4 Å². The van der Waals surface area contributed by atoms with Gasteiger partial charge in [-0.1, -0.05) is 29.9 Å². The van der Waals surface area contributed by atoms with Crippen LogP contribution in [-0.2, 0) is 25.5 Å². The number of aromatic hydroxyl groups is 1. The maximum absolute atomic E-state index is 14.7. The number of ether oxygens (including phenoxy) is 4. The summed E-state index contributed by atoms with van der Waals surface area (Å²) in [5.74, 6) is -0.936. The van der Waals surface area contributed by atoms with Crippen LogP contribution in [0.4, 0.5) is 0 Å². The topological polar surface area (TPSA) is 129 Å². The summed E-state index contributed by atoms with van der Waals surface area (Å²) < 4.78 is 25.6. The third-order valence-electron chi connectivity index (χ3n) is 10.7. The van der Waals surface area contributed by atoms with Crippen LogP contribution in [0.25, 0.3) is 6.08 Å². The van der Waals surface area contributed by atoms with Gasteiger partial charge in [0.15, 0.2) is 22.8 Å². The predicted octanol–water partition coefficient (Wildman–Crippen LogP) is 6.26. The number of hydrogen-bond acceptors (Lipinski definition) is 9. The van der Waals surface area contributed by atoms with Gasteiger partial charge in [-0.25, -0.2) is 0 Å². The summed E-state index contributed by atoms with van der Waals surface area (Å²) in [6.45, 7) is 17.2. The SMILES string of the molecule is C=C(C)C(O)CC[C@]1(C)C=Cc2c(O)c3c(c(CC=C(C)C)c2O1)O[C@]12C(=C[C@@H]4CC1C(C)(C)OC2(C/C=C(/C)OC=O)C4=O)C3=O. The number of aliphatic hydroxyl groups excluding tert-OH is 1. The van der Waals surface area contributed by atoms with Crippen molar-refractivity contribution in [1.82, 2.24) is 0 Å². The predicted molar refractivity (Wildman–Crippen MR) is 175 cm³/mol. The third-order valence-corrected chi connectivity index (χ3v) is 10.7. The zero-order chi connectivity index (χ0) is 34.3. The quantitative estimate of drug-likeness (QED) is 0.172. The fraction of sp³-hybridized carbons (Fsp3) is 0.500. The highest BCUT2D eigenvalue weighted by Crippen LogP contribution is 2.68. The first kappa shape index (κ1) is 33.0. The second kappa shape index (κ2) is 11.1. The number of rotatable bonds is 10. The average molecular weight is 645 g/mol. The molecule has 6 aliphatic rings. The molecule has 6 atom stereocenters. The second-order valence-corrected chi connectivity index (χ2v) is 14.7. The van der Waals surface area contributed by atoms with E-state index in [-0.39, 0.29) is 35.2 Å². The van der Waals surface area contributed by atoms with Gasteiger partial charge >= 0.3 is 0 Å². The monoisotopic (exact) mass is 644 g/mol. The van der Waals surface area contributed by atoms with Gasteiger partial charge in [0, 0.05) is 29.4 Å². The van der Waals surface area contributed by atoms with E-state index < -0.39 is 40.2 Å². The minimum absolute atomic E-state index is 0.0183. The van der Waals surface area contributed by atoms with Crippen LogP contribution in [0.1, 0.15) is 95.6 Å². The number of hydrogen-bond donors (Lipinski definition) is 2. The van der Waals surface area contributed by atoms with Crippen molar-refractivity contribution in [3.8, 4) is 17.2 Å². The number of fused-ring (bicyclic) bond motifs is 2. The van der Waals surface area contributed by atoms with E-state index in [2.05, 4.69) is 6.58 Å². The lowest BCUT2D eigenvalue weighted by molar-refractivity contribution is -0.171. The summed E-state index contributed by atoms with van der Waals surface area (Å²) in [7, 11) is 0. The molecule has 0 aromatic heterocycles. The molecule has 1 saturated heterocycles. The Bertz CT molecular complexity index is 1720. The van der Waals surface area contributed by atoms with Crippen LogP contribution in [0.2, 0.25) is 0 Å². The van der Waals surface area contributed by atoms with E-state index in [0.29, 0.717) is 65.9 Å². The zero-order valence-electron chi connectivity index (χ0n) is 28.2. The molecule has 9 heteroatoms. The number of phenols is 1. The van der Waals surface area contributed by atoms with Crippen LogP contribution >= 0.6 is 0 Å². The van der Waals surface area contributed by atoms with Gasteiger partial charge < -0.3 is 29.2 Å². The molecule has 1 saturated carbocycles. The molecule has 3 aliphatic heterocycles. The molecule has 3 aliphatic carbocycles. The first-order valence-electron chi connectivity index (χ1n) is 16.3. The Morgan fingerprint density at radius 3 is 2.51 bits per heavy atom. The minimum atomic E-state index is -1.58. The third kappa shape index (κ3) is 4.76. The van der Waals surface area contributed by atoms with Gasteiger partial charge in [0.1, 0.15) is 34.2 Å². The van der Waals surface area contributed by atoms with Crippen LogP contribution in [0.15, 0.2) is 53.4 Å². The molecule has 0 radical (unpaired) electrons. The van der Waals surface area contributed by atoms with E-state index in [1.807, 2.05) is 46.8 Å². The number of carbonyl (C=O) groups is 3. The fourth-order valence-corrected chi connectivity index (χ4v) is 8.22. The van der Waals surface area contributed by atoms with E-state index in [1.165, 1.54) is 0 Å². The molecule has 2 fully saturated rings. The zero-order valence-corrected chi connectivity index (χ0v) is 28.2. The standard InChI is InChI=1S/C38H44O9/c1-20(2)9-10-25-32-24(12-14-36(8,45-32)15-13-27(40)21(3)4)30(41)29-31(42)26-17-23-18-28-35(6,7)47-37(34(23)43,16-11-22(5)44-19-39)38(26,28)46-33(25)29/h9,11-12,14,17,19,23,27-28,40-41H,3,10,13,15-16,18H2,1-2,4-8H3/b22-11-/t23-,27?,28?,36+,37?,38-/m1/s1. The Morgan fingerprint density at radius 2 is 1.85 bits per heavy atom. The molecular formula is C38H44O9. The molecule has 47 heavy (non-hydrogen) atoms. The first-order chi connectivity index (χ1) is 22.0. The fourth-order valence-electron chi connectivity index (χ4n) is 8.22. The molecule has 1 aromatic carbocycles. The van der Waals surface area contributed by atoms with Crippen LogP contribution in [0.3, 0.4) is 0 Å². The molecule has 0 amide bonds. The maximum atomic E-state index is 14.7. The molecule has 4 bridgehead atoms. The molecule has 2 N–H and O–H groups in total. The van der Waals surface area contributed by atoms with Crippen LogP contribution < -0.4 is 9.47 Å². The summed E-state index contributed by atoms with van der Waals surface area (Å²) >= 11 is 0. The van der Waals surface area contributed by atoms with Crippen molar-refractivity contribution in [2.24, 2.45) is 11.8 Å². The van der Waals surface area contributed by atoms with Crippen molar-refractivity contribution >= 4 is 24.1 Å². The number of ketones is 2. The van der Waals surface area contributed by atoms with Crippen LogP contribution in [0, 0.1) is 11.8 Å². The van der Waals surface area contributed by atoms with Gasteiger partial charge in [0.25, 0.3) is 6.47 Å². The van der Waals surface area contributed by atoms with Gasteiger partial charge in [-0.2, -0.15) is 0 Å². The van der Waals surface area contributed by atoms with Crippen molar-refractivity contribution in [3.63, 3.8) is 0 Å². The lowest BCUT2D eigenvalue weighted by atomic mass is 9.51. The minimum Gasteiger partial charge on any atom is -0.506 e. The van der Waals surface area contributed by atoms with Crippen molar-refractivity contribution in [1.29, 1.82) is 0 Å². The van der Waals surface area contributed by atoms with Crippen molar-refractivity contribution < 1.29 is 43.5 Å². The van der Waals surface area contributed by atoms with Crippen molar-refractivity contribution in [2.45, 2.75) is 109 Å². The molecule has 9 nitrogen and oxygen atoms in total. The highest BCUT2D eigenvalue weighted by atomic mass is 16.6. The Kier molecular flexibility index (Phi) is 7.76. The van der Waals surface area contributed by atoms with Gasteiger partial charge in [0.05, 0.1) is 17.3 Å². The van der Waals surface area contributed by atoms with Gasteiger partial charge in [-0.05, 0) is 92.4 Å². The Balaban J connectivity index is 1.56. The van der Waals surface area contributed by atoms with Crippen molar-refractivity contribution in [2.75, 3.05) is 0 Å². The smallest absolute Gasteiger partial charge is 0.298 e. The van der Waals surface area contributed by atoms with Gasteiger partial charge in [0.2, 0.25) is 0 Å². The Hall–Kier alpha value is -3.95. The van der Waals surface area contributed by atoms with E-state index >= 15 is 0 Å². The summed E-state index contributed by atoms with van der Waals surface area (Å²) in [5, 5.41) is 22.3. The number of aliphatic hydroxyl groups is 1. The molecule has 7 rings (SSSR count). The summed E-state index contributed by atoms with van der Waals surface area (Å²) in [4.78, 5) is 40.1. The lowest BCUT2D eigenvalue weighted by Crippen LogP contribution is -2.72. The molecule has 250 valence electrons. The van der Waals surface area contributed by atoms with Crippen LogP contribution in [-0.4, -0.2) is 56.8 Å². The summed E-state index contributed by atoms with van der Waals surface area (Å²) in [6, 6.07) is 0. The number of benzene rings is 1. The first-order valence-corrected chi connectivity index (χ1v) is 16.3. The highest BCUT2D eigenvalue weighted by Gasteiger charge is 2.81. The van der Waals surface area contributed by atoms with Crippen molar-refractivity contribution in [3.05, 3.63) is 70.1 Å². The summed E-state index contributed by atoms with van der Waals surface area (Å²) in [6.07, 6.45) is 9.93. The number of Topliss-reactive ketones (excluding diaryl/α,β-unsaturated/α-hetero) is 2. The molecule has 1 spiro atoms. The number of carbonyl (C=O) groups excluding carboxylic acids is 3. The van der Waals surface area contributed by atoms with E-state index in [4.69, 9.17) is 18.9 Å².